The fourth-order valence-corrected chi connectivity index (χ4v) is 4.44. The van der Waals surface area contributed by atoms with Crippen molar-refractivity contribution in [2.24, 2.45) is 11.8 Å². The molecule has 0 aromatic heterocycles. The van der Waals surface area contributed by atoms with Crippen LogP contribution in [0.25, 0.3) is 0 Å². The van der Waals surface area contributed by atoms with Gasteiger partial charge in [0.1, 0.15) is 12.4 Å². The highest BCUT2D eigenvalue weighted by molar-refractivity contribution is 7.98. The molecule has 0 spiro atoms. The zero-order valence-electron chi connectivity index (χ0n) is 22.9. The minimum atomic E-state index is -0.794. The Morgan fingerprint density at radius 2 is 1.79 bits per heavy atom. The number of imide groups is 1. The molecule has 0 fully saturated rings. The first-order valence-electron chi connectivity index (χ1n) is 12.9. The number of hydrogen-bond acceptors (Lipinski definition) is 8. The number of carbonyl (C=O) groups is 6. The van der Waals surface area contributed by atoms with E-state index in [-0.39, 0.29) is 55.1 Å². The first-order valence-corrected chi connectivity index (χ1v) is 14.3. The molecule has 1 aromatic rings. The quantitative estimate of drug-likeness (QED) is 0.277. The van der Waals surface area contributed by atoms with Crippen LogP contribution in [0, 0.1) is 11.8 Å². The molecule has 1 heterocycles. The fraction of sp³-hybridized carbons (Fsp3) is 0.500. The lowest BCUT2D eigenvalue weighted by atomic mass is 9.85. The number of carbonyl (C=O) groups excluding carboxylic acids is 6. The topological polar surface area (TPSA) is 139 Å². The van der Waals surface area contributed by atoms with E-state index in [9.17, 15) is 28.8 Å². The maximum atomic E-state index is 13.4. The van der Waals surface area contributed by atoms with Gasteiger partial charge in [0.05, 0.1) is 6.04 Å². The molecule has 11 heteroatoms. The van der Waals surface area contributed by atoms with Crippen LogP contribution in [-0.4, -0.2) is 77.8 Å². The van der Waals surface area contributed by atoms with Gasteiger partial charge in [-0.2, -0.15) is 11.8 Å². The Kier molecular flexibility index (Phi) is 12.9. The Labute approximate surface area is 233 Å². The number of hydrogen-bond donors (Lipinski definition) is 2. The van der Waals surface area contributed by atoms with Crippen LogP contribution in [-0.2, 0) is 24.0 Å². The van der Waals surface area contributed by atoms with Crippen LogP contribution in [0.2, 0.25) is 0 Å². The summed E-state index contributed by atoms with van der Waals surface area (Å²) < 4.78 is 5.38. The Morgan fingerprint density at radius 3 is 2.41 bits per heavy atom. The van der Waals surface area contributed by atoms with Gasteiger partial charge in [-0.3, -0.25) is 33.7 Å². The second kappa shape index (κ2) is 15.8. The summed E-state index contributed by atoms with van der Waals surface area (Å²) >= 11 is 1.54. The summed E-state index contributed by atoms with van der Waals surface area (Å²) in [5.74, 6) is -1.80. The van der Waals surface area contributed by atoms with Crippen LogP contribution in [0.3, 0.4) is 0 Å². The van der Waals surface area contributed by atoms with Crippen LogP contribution in [0.1, 0.15) is 50.4 Å². The lowest BCUT2D eigenvalue weighted by Crippen LogP contribution is -2.45. The monoisotopic (exact) mass is 559 g/mol. The number of ether oxygens (including phenoxy) is 1. The third-order valence-electron chi connectivity index (χ3n) is 6.47. The van der Waals surface area contributed by atoms with Crippen LogP contribution >= 0.6 is 11.8 Å². The highest BCUT2D eigenvalue weighted by atomic mass is 32.2. The van der Waals surface area contributed by atoms with Crippen molar-refractivity contribution in [1.82, 2.24) is 15.5 Å². The Bertz CT molecular complexity index is 1090. The van der Waals surface area contributed by atoms with Gasteiger partial charge < -0.3 is 15.4 Å². The predicted molar refractivity (Wildman–Crippen MR) is 148 cm³/mol. The van der Waals surface area contributed by atoms with E-state index in [1.54, 1.807) is 30.0 Å². The lowest BCUT2D eigenvalue weighted by molar-refractivity contribution is -0.137. The molecule has 0 saturated carbocycles. The van der Waals surface area contributed by atoms with E-state index >= 15 is 0 Å². The number of benzene rings is 1. The first-order chi connectivity index (χ1) is 18.6. The Hall–Kier alpha value is -3.47. The molecule has 2 N–H and O–H groups in total. The summed E-state index contributed by atoms with van der Waals surface area (Å²) in [4.78, 5) is 75.1. The van der Waals surface area contributed by atoms with E-state index in [1.165, 1.54) is 25.1 Å². The molecule has 1 aliphatic rings. The summed E-state index contributed by atoms with van der Waals surface area (Å²) in [6, 6.07) is 5.57. The third kappa shape index (κ3) is 9.97. The van der Waals surface area contributed by atoms with Gasteiger partial charge in [0.25, 0.3) is 17.7 Å². The number of Topliss-reactive ketones (excluding diaryl/α,β-unsaturated/α-hetero) is 2. The highest BCUT2D eigenvalue weighted by Gasteiger charge is 2.31. The maximum Gasteiger partial charge on any atom is 0.253 e. The number of nitrogens with zero attached hydrogens (tertiary/aromatic N) is 1. The second-order valence-electron chi connectivity index (χ2n) is 9.44. The van der Waals surface area contributed by atoms with Gasteiger partial charge >= 0.3 is 0 Å². The number of thioether (sulfide) groups is 1. The van der Waals surface area contributed by atoms with E-state index in [1.807, 2.05) is 20.1 Å². The van der Waals surface area contributed by atoms with Gasteiger partial charge in [-0.25, -0.2) is 0 Å². The van der Waals surface area contributed by atoms with Crippen LogP contribution in [0.5, 0.6) is 5.75 Å². The molecule has 0 unspecified atom stereocenters. The molecule has 212 valence electrons. The van der Waals surface area contributed by atoms with Gasteiger partial charge in [0.15, 0.2) is 11.6 Å². The molecule has 3 atom stereocenters. The average molecular weight is 560 g/mol. The van der Waals surface area contributed by atoms with E-state index in [4.69, 9.17) is 4.74 Å². The molecule has 0 bridgehead atoms. The number of amides is 4. The minimum absolute atomic E-state index is 0.0409. The SMILES string of the molecule is CC[C@H](C)[C@H](CC(=O)[C@H](CCSC)NC(=O)c1cccc(OCC(C)=O)c1)C(=O)NCCN1C(=O)C=CC1=O. The molecular weight excluding hydrogens is 522 g/mol. The Morgan fingerprint density at radius 1 is 1.10 bits per heavy atom. The lowest BCUT2D eigenvalue weighted by Gasteiger charge is -2.25. The summed E-state index contributed by atoms with van der Waals surface area (Å²) in [5, 5.41) is 5.56. The maximum absolute atomic E-state index is 13.4. The van der Waals surface area contributed by atoms with Crippen molar-refractivity contribution in [3.63, 3.8) is 0 Å². The minimum Gasteiger partial charge on any atom is -0.486 e. The molecule has 0 saturated heterocycles. The molecule has 1 aliphatic heterocycles. The van der Waals surface area contributed by atoms with Crippen molar-refractivity contribution >= 4 is 47.0 Å². The standard InChI is InChI=1S/C28H37N3O7S/c1-5-18(2)22(28(37)29-12-13-31-25(34)9-10-26(31)35)16-24(33)23(11-14-39-4)30-27(36)20-7-6-8-21(15-20)38-17-19(3)32/h6-10,15,18,22-23H,5,11-14,16-17H2,1-4H3,(H,29,37)(H,30,36)/t18-,22-,23-/m0/s1. The fourth-order valence-electron chi connectivity index (χ4n) is 3.97. The van der Waals surface area contributed by atoms with Crippen LogP contribution < -0.4 is 15.4 Å². The summed E-state index contributed by atoms with van der Waals surface area (Å²) in [6.07, 6.45) is 5.26. The van der Waals surface area contributed by atoms with Gasteiger partial charge in [0.2, 0.25) is 5.91 Å². The van der Waals surface area contributed by atoms with Gasteiger partial charge in [-0.15, -0.1) is 0 Å². The molecule has 2 rings (SSSR count). The summed E-state index contributed by atoms with van der Waals surface area (Å²) in [5.41, 5.74) is 0.287. The molecule has 10 nitrogen and oxygen atoms in total. The molecule has 1 aromatic carbocycles. The highest BCUT2D eigenvalue weighted by Crippen LogP contribution is 2.22. The van der Waals surface area contributed by atoms with Crippen molar-refractivity contribution < 1.29 is 33.5 Å². The average Bonchev–Trinajstić information content (AvgIpc) is 3.24. The van der Waals surface area contributed by atoms with Gasteiger partial charge in [-0.05, 0) is 49.5 Å². The van der Waals surface area contributed by atoms with Crippen LogP contribution in [0.15, 0.2) is 36.4 Å². The van der Waals surface area contributed by atoms with Crippen molar-refractivity contribution in [3.8, 4) is 5.75 Å². The molecule has 0 radical (unpaired) electrons. The molecule has 0 aliphatic carbocycles. The van der Waals surface area contributed by atoms with E-state index < -0.39 is 29.7 Å². The number of nitrogens with one attached hydrogen (secondary N) is 2. The van der Waals surface area contributed by atoms with E-state index in [0.717, 1.165) is 4.90 Å². The summed E-state index contributed by atoms with van der Waals surface area (Å²) in [6.45, 7) is 5.22. The van der Waals surface area contributed by atoms with E-state index in [2.05, 4.69) is 10.6 Å². The predicted octanol–water partition coefficient (Wildman–Crippen LogP) is 2.17. The smallest absolute Gasteiger partial charge is 0.253 e. The van der Waals surface area contributed by atoms with Gasteiger partial charge in [0, 0.05) is 43.1 Å². The molecule has 39 heavy (non-hydrogen) atoms. The molecular formula is C28H37N3O7S. The first kappa shape index (κ1) is 31.7. The van der Waals surface area contributed by atoms with Crippen LogP contribution in [0.4, 0.5) is 0 Å². The van der Waals surface area contributed by atoms with Crippen molar-refractivity contribution in [3.05, 3.63) is 42.0 Å². The van der Waals surface area contributed by atoms with Crippen molar-refractivity contribution in [2.45, 2.75) is 46.1 Å². The van der Waals surface area contributed by atoms with E-state index in [0.29, 0.717) is 24.3 Å². The normalized spacial score (nSPS) is 15.0. The van der Waals surface area contributed by atoms with Gasteiger partial charge in [-0.1, -0.05) is 26.3 Å². The second-order valence-corrected chi connectivity index (χ2v) is 10.4. The number of ketones is 2. The van der Waals surface area contributed by atoms with Crippen molar-refractivity contribution in [2.75, 3.05) is 31.7 Å². The molecule has 4 amide bonds. The summed E-state index contributed by atoms with van der Waals surface area (Å²) in [7, 11) is 0. The third-order valence-corrected chi connectivity index (χ3v) is 7.11. The zero-order valence-corrected chi connectivity index (χ0v) is 23.7. The Balaban J connectivity index is 2.06. The number of rotatable bonds is 17. The van der Waals surface area contributed by atoms with Crippen molar-refractivity contribution in [1.29, 1.82) is 0 Å². The largest absolute Gasteiger partial charge is 0.486 e. The zero-order chi connectivity index (χ0) is 28.9.